The summed E-state index contributed by atoms with van der Waals surface area (Å²) in [4.78, 5) is 19.5. The molecule has 0 saturated heterocycles. The minimum absolute atomic E-state index is 0.0838. The van der Waals surface area contributed by atoms with Crippen molar-refractivity contribution in [2.24, 2.45) is 0 Å². The SMILES string of the molecule is COC(=O)Cn1nnnc1Sc1ncc(Br)c(OC)n1. The number of hydrogen-bond donors (Lipinski definition) is 0. The average molecular weight is 361 g/mol. The average Bonchev–Trinajstić information content (AvgIpc) is 2.88. The third kappa shape index (κ3) is 3.42. The second-order valence-electron chi connectivity index (χ2n) is 3.31. The number of carbonyl (C=O) groups is 1. The van der Waals surface area contributed by atoms with Crippen molar-refractivity contribution in [2.45, 2.75) is 16.9 Å². The number of hydrogen-bond acceptors (Lipinski definition) is 9. The number of methoxy groups -OCH3 is 2. The van der Waals surface area contributed by atoms with E-state index in [1.807, 2.05) is 0 Å². The predicted molar refractivity (Wildman–Crippen MR) is 70.2 cm³/mol. The van der Waals surface area contributed by atoms with Crippen LogP contribution in [0.2, 0.25) is 0 Å². The Bertz CT molecular complexity index is 621. The van der Waals surface area contributed by atoms with E-state index in [2.05, 4.69) is 46.2 Å². The number of tetrazole rings is 1. The molecule has 0 atom stereocenters. The molecule has 0 spiro atoms. The van der Waals surface area contributed by atoms with Gasteiger partial charge in [0.2, 0.25) is 11.0 Å². The molecule has 0 fully saturated rings. The molecule has 0 saturated carbocycles. The molecule has 0 aliphatic heterocycles. The van der Waals surface area contributed by atoms with E-state index in [0.717, 1.165) is 11.8 Å². The van der Waals surface area contributed by atoms with E-state index in [9.17, 15) is 4.79 Å². The summed E-state index contributed by atoms with van der Waals surface area (Å²) in [6.07, 6.45) is 1.56. The highest BCUT2D eigenvalue weighted by atomic mass is 79.9. The van der Waals surface area contributed by atoms with Gasteiger partial charge < -0.3 is 9.47 Å². The molecule has 0 unspecified atom stereocenters. The van der Waals surface area contributed by atoms with Crippen molar-refractivity contribution in [3.05, 3.63) is 10.7 Å². The Morgan fingerprint density at radius 1 is 1.50 bits per heavy atom. The third-order valence-corrected chi connectivity index (χ3v) is 3.47. The van der Waals surface area contributed by atoms with Gasteiger partial charge in [-0.1, -0.05) is 0 Å². The predicted octanol–water partition coefficient (Wildman–Crippen LogP) is 0.558. The van der Waals surface area contributed by atoms with Crippen LogP contribution in [0.15, 0.2) is 21.0 Å². The molecule has 2 aromatic heterocycles. The van der Waals surface area contributed by atoms with E-state index in [1.54, 1.807) is 6.20 Å². The van der Waals surface area contributed by atoms with Gasteiger partial charge in [-0.3, -0.25) is 4.79 Å². The fourth-order valence-electron chi connectivity index (χ4n) is 1.17. The first-order valence-electron chi connectivity index (χ1n) is 5.21. The Hall–Kier alpha value is -1.75. The molecule has 106 valence electrons. The van der Waals surface area contributed by atoms with Crippen LogP contribution in [0.5, 0.6) is 5.88 Å². The summed E-state index contributed by atoms with van der Waals surface area (Å²) >= 11 is 4.37. The first-order valence-corrected chi connectivity index (χ1v) is 6.82. The molecule has 0 bridgehead atoms. The molecule has 2 heterocycles. The zero-order valence-corrected chi connectivity index (χ0v) is 12.9. The Labute approximate surface area is 126 Å². The van der Waals surface area contributed by atoms with E-state index in [0.29, 0.717) is 20.7 Å². The molecule has 20 heavy (non-hydrogen) atoms. The Kier molecular flexibility index (Phi) is 4.84. The van der Waals surface area contributed by atoms with Crippen LogP contribution in [0.1, 0.15) is 0 Å². The normalized spacial score (nSPS) is 10.3. The highest BCUT2D eigenvalue weighted by Gasteiger charge is 2.14. The summed E-state index contributed by atoms with van der Waals surface area (Å²) in [6.45, 7) is -0.0838. The van der Waals surface area contributed by atoms with Crippen LogP contribution < -0.4 is 4.74 Å². The van der Waals surface area contributed by atoms with Crippen LogP contribution in [-0.4, -0.2) is 50.4 Å². The monoisotopic (exact) mass is 360 g/mol. The Balaban J connectivity index is 2.18. The maximum atomic E-state index is 11.2. The van der Waals surface area contributed by atoms with Gasteiger partial charge in [-0.25, -0.2) is 9.67 Å². The molecular formula is C9H9BrN6O3S. The largest absolute Gasteiger partial charge is 0.480 e. The van der Waals surface area contributed by atoms with E-state index < -0.39 is 5.97 Å². The zero-order valence-electron chi connectivity index (χ0n) is 10.5. The minimum atomic E-state index is -0.451. The standard InChI is InChI=1S/C9H9BrN6O3S/c1-18-6(17)4-16-9(13-14-15-16)20-8-11-3-5(10)7(12-8)19-2/h3H,4H2,1-2H3. The van der Waals surface area contributed by atoms with Gasteiger partial charge in [0.25, 0.3) is 0 Å². The number of aromatic nitrogens is 6. The van der Waals surface area contributed by atoms with Gasteiger partial charge in [-0.2, -0.15) is 4.98 Å². The molecule has 9 nitrogen and oxygen atoms in total. The van der Waals surface area contributed by atoms with Crippen molar-refractivity contribution in [1.29, 1.82) is 0 Å². The molecule has 0 aliphatic carbocycles. The lowest BCUT2D eigenvalue weighted by atomic mass is 10.6. The van der Waals surface area contributed by atoms with Gasteiger partial charge in [0.15, 0.2) is 5.16 Å². The van der Waals surface area contributed by atoms with Crippen molar-refractivity contribution in [2.75, 3.05) is 14.2 Å². The summed E-state index contributed by atoms with van der Waals surface area (Å²) in [6, 6.07) is 0. The molecule has 2 aromatic rings. The zero-order chi connectivity index (χ0) is 14.5. The van der Waals surface area contributed by atoms with Crippen molar-refractivity contribution in [1.82, 2.24) is 30.2 Å². The van der Waals surface area contributed by atoms with Gasteiger partial charge in [0.1, 0.15) is 6.54 Å². The van der Waals surface area contributed by atoms with E-state index >= 15 is 0 Å². The van der Waals surface area contributed by atoms with E-state index in [-0.39, 0.29) is 6.54 Å². The van der Waals surface area contributed by atoms with Crippen molar-refractivity contribution in [3.63, 3.8) is 0 Å². The number of ether oxygens (including phenoxy) is 2. The summed E-state index contributed by atoms with van der Waals surface area (Å²) in [7, 11) is 2.80. The van der Waals surface area contributed by atoms with Gasteiger partial charge in [-0.15, -0.1) is 5.10 Å². The molecule has 11 heteroatoms. The third-order valence-electron chi connectivity index (χ3n) is 2.07. The van der Waals surface area contributed by atoms with Gasteiger partial charge in [0.05, 0.1) is 18.7 Å². The van der Waals surface area contributed by atoms with Crippen LogP contribution in [0.25, 0.3) is 0 Å². The van der Waals surface area contributed by atoms with Crippen molar-refractivity contribution >= 4 is 33.7 Å². The number of nitrogens with zero attached hydrogens (tertiary/aromatic N) is 6. The fraction of sp³-hybridized carbons (Fsp3) is 0.333. The number of rotatable bonds is 5. The van der Waals surface area contributed by atoms with Gasteiger partial charge >= 0.3 is 5.97 Å². The summed E-state index contributed by atoms with van der Waals surface area (Å²) in [5.41, 5.74) is 0. The molecule has 0 radical (unpaired) electrons. The Morgan fingerprint density at radius 2 is 2.30 bits per heavy atom. The Morgan fingerprint density at radius 3 is 3.00 bits per heavy atom. The molecule has 0 aromatic carbocycles. The van der Waals surface area contributed by atoms with Crippen LogP contribution >= 0.6 is 27.7 Å². The second-order valence-corrected chi connectivity index (χ2v) is 5.10. The number of halogens is 1. The fourth-order valence-corrected chi connectivity index (χ4v) is 2.20. The van der Waals surface area contributed by atoms with Gasteiger partial charge in [-0.05, 0) is 38.1 Å². The maximum absolute atomic E-state index is 11.2. The maximum Gasteiger partial charge on any atom is 0.327 e. The topological polar surface area (TPSA) is 105 Å². The van der Waals surface area contributed by atoms with Gasteiger partial charge in [0, 0.05) is 6.20 Å². The minimum Gasteiger partial charge on any atom is -0.480 e. The highest BCUT2D eigenvalue weighted by molar-refractivity contribution is 9.10. The second kappa shape index (κ2) is 6.61. The number of carbonyl (C=O) groups excluding carboxylic acids is 1. The highest BCUT2D eigenvalue weighted by Crippen LogP contribution is 2.27. The number of esters is 1. The first kappa shape index (κ1) is 14.7. The van der Waals surface area contributed by atoms with Crippen molar-refractivity contribution in [3.8, 4) is 5.88 Å². The summed E-state index contributed by atoms with van der Waals surface area (Å²) in [5, 5.41) is 11.8. The lowest BCUT2D eigenvalue weighted by Gasteiger charge is -2.04. The van der Waals surface area contributed by atoms with E-state index in [4.69, 9.17) is 4.74 Å². The molecular weight excluding hydrogens is 352 g/mol. The lowest BCUT2D eigenvalue weighted by Crippen LogP contribution is -2.13. The summed E-state index contributed by atoms with van der Waals surface area (Å²) in [5.74, 6) is -0.0528. The lowest BCUT2D eigenvalue weighted by molar-refractivity contribution is -0.141. The smallest absolute Gasteiger partial charge is 0.327 e. The summed E-state index contributed by atoms with van der Waals surface area (Å²) < 4.78 is 11.6. The van der Waals surface area contributed by atoms with Crippen LogP contribution in [0.4, 0.5) is 0 Å². The molecule has 0 aliphatic rings. The van der Waals surface area contributed by atoms with Crippen LogP contribution in [-0.2, 0) is 16.1 Å². The quantitative estimate of drug-likeness (QED) is 0.558. The molecule has 0 amide bonds. The van der Waals surface area contributed by atoms with Crippen LogP contribution in [0.3, 0.4) is 0 Å². The molecule has 0 N–H and O–H groups in total. The van der Waals surface area contributed by atoms with Crippen molar-refractivity contribution < 1.29 is 14.3 Å². The molecule has 2 rings (SSSR count). The van der Waals surface area contributed by atoms with Crippen LogP contribution in [0, 0.1) is 0 Å². The van der Waals surface area contributed by atoms with E-state index in [1.165, 1.54) is 18.9 Å². The first-order chi connectivity index (χ1) is 9.63.